The van der Waals surface area contributed by atoms with Crippen LogP contribution in [-0.2, 0) is 4.79 Å². The van der Waals surface area contributed by atoms with Crippen molar-refractivity contribution in [2.24, 2.45) is 15.3 Å². The second kappa shape index (κ2) is 5.30. The molecule has 3 rings (SSSR count). The summed E-state index contributed by atoms with van der Waals surface area (Å²) in [4.78, 5) is 16.3. The number of azo groups is 1. The molecule has 0 saturated heterocycles. The first-order chi connectivity index (χ1) is 9.75. The maximum Gasteiger partial charge on any atom is 0.280 e. The van der Waals surface area contributed by atoms with E-state index in [-0.39, 0.29) is 5.91 Å². The van der Waals surface area contributed by atoms with E-state index in [2.05, 4.69) is 20.3 Å². The number of amides is 1. The average molecular weight is 285 g/mol. The Kier molecular flexibility index (Phi) is 3.34. The number of rotatable bonds is 3. The molecular formula is C13H11N5OS. The Hall–Kier alpha value is -2.41. The van der Waals surface area contributed by atoms with E-state index in [1.807, 2.05) is 35.7 Å². The van der Waals surface area contributed by atoms with Crippen molar-refractivity contribution >= 4 is 33.8 Å². The Balaban J connectivity index is 1.82. The van der Waals surface area contributed by atoms with Gasteiger partial charge in [-0.3, -0.25) is 4.79 Å². The fourth-order valence-corrected chi connectivity index (χ4v) is 2.28. The molecule has 0 radical (unpaired) electrons. The summed E-state index contributed by atoms with van der Waals surface area (Å²) in [5.41, 5.74) is 1.35. The van der Waals surface area contributed by atoms with E-state index in [9.17, 15) is 4.79 Å². The molecule has 6 nitrogen and oxygen atoms in total. The van der Waals surface area contributed by atoms with Gasteiger partial charge in [-0.15, -0.1) is 16.5 Å². The highest BCUT2D eigenvalue weighted by Gasteiger charge is 2.34. The molecule has 0 bridgehead atoms. The summed E-state index contributed by atoms with van der Waals surface area (Å²) in [6.07, 6.45) is 1.65. The zero-order valence-corrected chi connectivity index (χ0v) is 11.5. The zero-order valence-electron chi connectivity index (χ0n) is 10.7. The lowest BCUT2D eigenvalue weighted by Crippen LogP contribution is -2.29. The van der Waals surface area contributed by atoms with Crippen LogP contribution in [-0.4, -0.2) is 22.6 Å². The number of anilines is 1. The van der Waals surface area contributed by atoms with E-state index in [4.69, 9.17) is 0 Å². The smallest absolute Gasteiger partial charge is 0.269 e. The molecule has 100 valence electrons. The van der Waals surface area contributed by atoms with Gasteiger partial charge in [0.05, 0.1) is 11.4 Å². The van der Waals surface area contributed by atoms with Gasteiger partial charge in [0.25, 0.3) is 5.91 Å². The average Bonchev–Trinajstić information content (AvgIpc) is 3.07. The number of hydrazone groups is 1. The Morgan fingerprint density at radius 1 is 1.30 bits per heavy atom. The largest absolute Gasteiger partial charge is 0.280 e. The standard InChI is InChI=1S/C13H11N5OS/c1-9-11(15-16-13-14-7-8-20-13)12(19)18(17-9)10-5-3-2-4-6-10/h2-8,11H,1H3/t11-/m0/s1. The normalized spacial score (nSPS) is 18.9. The van der Waals surface area contributed by atoms with Gasteiger partial charge in [-0.25, -0.2) is 4.98 Å². The van der Waals surface area contributed by atoms with Crippen molar-refractivity contribution in [2.45, 2.75) is 13.0 Å². The minimum Gasteiger partial charge on any atom is -0.269 e. The van der Waals surface area contributed by atoms with E-state index < -0.39 is 6.04 Å². The Bertz CT molecular complexity index is 665. The third kappa shape index (κ3) is 2.35. The summed E-state index contributed by atoms with van der Waals surface area (Å²) in [7, 11) is 0. The molecule has 7 heteroatoms. The van der Waals surface area contributed by atoms with Crippen molar-refractivity contribution in [3.63, 3.8) is 0 Å². The first-order valence-electron chi connectivity index (χ1n) is 6.00. The van der Waals surface area contributed by atoms with E-state index in [1.165, 1.54) is 16.3 Å². The molecule has 0 aliphatic carbocycles. The van der Waals surface area contributed by atoms with Crippen LogP contribution >= 0.6 is 11.3 Å². The van der Waals surface area contributed by atoms with Gasteiger partial charge in [0, 0.05) is 11.6 Å². The quantitative estimate of drug-likeness (QED) is 0.813. The van der Waals surface area contributed by atoms with Gasteiger partial charge in [-0.05, 0) is 19.1 Å². The Morgan fingerprint density at radius 3 is 2.80 bits per heavy atom. The van der Waals surface area contributed by atoms with Crippen LogP contribution in [0.5, 0.6) is 0 Å². The molecular weight excluding hydrogens is 274 g/mol. The molecule has 2 heterocycles. The molecule has 2 aromatic rings. The number of aromatic nitrogens is 1. The van der Waals surface area contributed by atoms with E-state index in [0.717, 1.165) is 5.69 Å². The van der Waals surface area contributed by atoms with Crippen LogP contribution in [0.1, 0.15) is 6.92 Å². The van der Waals surface area contributed by atoms with Crippen molar-refractivity contribution in [3.05, 3.63) is 41.9 Å². The zero-order chi connectivity index (χ0) is 13.9. The van der Waals surface area contributed by atoms with Gasteiger partial charge in [0.15, 0.2) is 6.04 Å². The molecule has 1 atom stereocenters. The molecule has 0 fully saturated rings. The van der Waals surface area contributed by atoms with Crippen LogP contribution in [0.25, 0.3) is 0 Å². The van der Waals surface area contributed by atoms with Crippen LogP contribution in [0.15, 0.2) is 57.2 Å². The SMILES string of the molecule is CC1=NN(c2ccccc2)C(=O)[C@H]1N=Nc1nccs1. The van der Waals surface area contributed by atoms with Crippen molar-refractivity contribution in [2.75, 3.05) is 5.01 Å². The first-order valence-corrected chi connectivity index (χ1v) is 6.88. The fourth-order valence-electron chi connectivity index (χ4n) is 1.82. The van der Waals surface area contributed by atoms with Crippen LogP contribution in [0.4, 0.5) is 10.8 Å². The number of hydrogen-bond donors (Lipinski definition) is 0. The highest BCUT2D eigenvalue weighted by Crippen LogP contribution is 2.23. The third-order valence-corrected chi connectivity index (χ3v) is 3.43. The summed E-state index contributed by atoms with van der Waals surface area (Å²) in [6, 6.07) is 8.60. The van der Waals surface area contributed by atoms with Crippen molar-refractivity contribution in [3.8, 4) is 0 Å². The molecule has 1 amide bonds. The highest BCUT2D eigenvalue weighted by atomic mass is 32.1. The monoisotopic (exact) mass is 285 g/mol. The van der Waals surface area contributed by atoms with Gasteiger partial charge < -0.3 is 0 Å². The van der Waals surface area contributed by atoms with Gasteiger partial charge in [-0.1, -0.05) is 18.2 Å². The molecule has 1 aliphatic heterocycles. The predicted octanol–water partition coefficient (Wildman–Crippen LogP) is 3.02. The van der Waals surface area contributed by atoms with Gasteiger partial charge >= 0.3 is 0 Å². The van der Waals surface area contributed by atoms with E-state index in [0.29, 0.717) is 10.8 Å². The second-order valence-electron chi connectivity index (χ2n) is 4.16. The molecule has 0 spiro atoms. The van der Waals surface area contributed by atoms with Crippen molar-refractivity contribution < 1.29 is 4.79 Å². The number of hydrogen-bond acceptors (Lipinski definition) is 6. The number of para-hydroxylation sites is 1. The number of benzene rings is 1. The highest BCUT2D eigenvalue weighted by molar-refractivity contribution is 7.13. The Morgan fingerprint density at radius 2 is 2.10 bits per heavy atom. The molecule has 1 aliphatic rings. The maximum absolute atomic E-state index is 12.3. The summed E-state index contributed by atoms with van der Waals surface area (Å²) < 4.78 is 0. The van der Waals surface area contributed by atoms with Crippen LogP contribution in [0.2, 0.25) is 0 Å². The third-order valence-electron chi connectivity index (χ3n) is 2.77. The van der Waals surface area contributed by atoms with Crippen LogP contribution < -0.4 is 5.01 Å². The van der Waals surface area contributed by atoms with Crippen LogP contribution in [0.3, 0.4) is 0 Å². The fraction of sp³-hybridized carbons (Fsp3) is 0.154. The van der Waals surface area contributed by atoms with Gasteiger partial charge in [0.1, 0.15) is 0 Å². The van der Waals surface area contributed by atoms with Gasteiger partial charge in [0.2, 0.25) is 5.13 Å². The molecule has 1 aromatic carbocycles. The summed E-state index contributed by atoms with van der Waals surface area (Å²) >= 11 is 1.37. The number of nitrogens with zero attached hydrogens (tertiary/aromatic N) is 5. The topological polar surface area (TPSA) is 70.3 Å². The number of carbonyl (C=O) groups excluding carboxylic acids is 1. The maximum atomic E-state index is 12.3. The minimum atomic E-state index is -0.667. The van der Waals surface area contributed by atoms with Crippen molar-refractivity contribution in [1.82, 2.24) is 4.98 Å². The lowest BCUT2D eigenvalue weighted by Gasteiger charge is -2.11. The summed E-state index contributed by atoms with van der Waals surface area (Å²) in [6.45, 7) is 1.77. The van der Waals surface area contributed by atoms with Crippen molar-refractivity contribution in [1.29, 1.82) is 0 Å². The Labute approximate surface area is 119 Å². The summed E-state index contributed by atoms with van der Waals surface area (Å²) in [5, 5.41) is 16.0. The predicted molar refractivity (Wildman–Crippen MR) is 77.5 cm³/mol. The lowest BCUT2D eigenvalue weighted by atomic mass is 10.2. The molecule has 0 saturated carbocycles. The van der Waals surface area contributed by atoms with Crippen LogP contribution in [0, 0.1) is 0 Å². The number of thiazole rings is 1. The minimum absolute atomic E-state index is 0.200. The second-order valence-corrected chi connectivity index (χ2v) is 5.03. The van der Waals surface area contributed by atoms with E-state index >= 15 is 0 Å². The molecule has 20 heavy (non-hydrogen) atoms. The number of carbonyl (C=O) groups is 1. The summed E-state index contributed by atoms with van der Waals surface area (Å²) in [5.74, 6) is -0.200. The molecule has 1 aromatic heterocycles. The molecule has 0 unspecified atom stereocenters. The van der Waals surface area contributed by atoms with E-state index in [1.54, 1.807) is 13.1 Å². The lowest BCUT2D eigenvalue weighted by molar-refractivity contribution is -0.117. The molecule has 0 N–H and O–H groups in total. The van der Waals surface area contributed by atoms with Gasteiger partial charge in [-0.2, -0.15) is 15.2 Å². The first kappa shape index (κ1) is 12.6.